The number of aromatic nitrogens is 2. The fraction of sp³-hybridized carbons (Fsp3) is 0.516. The highest BCUT2D eigenvalue weighted by Crippen LogP contribution is 2.35. The van der Waals surface area contributed by atoms with Crippen LogP contribution < -0.4 is 26.0 Å². The van der Waals surface area contributed by atoms with E-state index in [0.717, 1.165) is 53.0 Å². The van der Waals surface area contributed by atoms with Gasteiger partial charge < -0.3 is 30.0 Å². The van der Waals surface area contributed by atoms with Crippen molar-refractivity contribution >= 4 is 34.4 Å². The van der Waals surface area contributed by atoms with Crippen LogP contribution in [0.3, 0.4) is 0 Å². The Kier molecular flexibility index (Phi) is 9.30. The molecule has 1 aliphatic rings. The molecule has 0 radical (unpaired) electrons. The van der Waals surface area contributed by atoms with Crippen LogP contribution in [0.1, 0.15) is 64.5 Å². The highest BCUT2D eigenvalue weighted by atomic mass is 16.6. The smallest absolute Gasteiger partial charge is 0.407 e. The molecule has 0 atom stereocenters. The topological polar surface area (TPSA) is 118 Å². The molecule has 0 saturated heterocycles. The molecule has 2 aromatic carbocycles. The zero-order valence-electron chi connectivity index (χ0n) is 25.0. The molecule has 1 aliphatic carbocycles. The molecular formula is C31H43N5O5. The molecule has 4 rings (SSSR count). The molecule has 1 heterocycles. The lowest BCUT2D eigenvalue weighted by molar-refractivity contribution is -0.121. The van der Waals surface area contributed by atoms with E-state index >= 15 is 0 Å². The molecular weight excluding hydrogens is 522 g/mol. The van der Waals surface area contributed by atoms with Crippen LogP contribution in [-0.2, 0) is 9.53 Å². The number of aryl methyl sites for hydroxylation is 1. The highest BCUT2D eigenvalue weighted by Gasteiger charge is 2.29. The average molecular weight is 566 g/mol. The number of rotatable bonds is 9. The summed E-state index contributed by atoms with van der Waals surface area (Å²) in [6, 6.07) is 11.6. The van der Waals surface area contributed by atoms with Crippen LogP contribution in [0.4, 0.5) is 16.2 Å². The standard InChI is InChI=1S/C31H43N5O5/c1-20-11-14-22(19-26(20)40-6)33-28(37)21-12-15-23(16-13-21)36-25-10-7-9-24(27(25)34-29(36)38)35(5)18-8-17-32-30(39)41-31(2,3)4/h7,9-11,14,19,21,23H,8,12-13,15-18H2,1-6H3,(H,32,39)(H,33,37)(H,34,38). The second kappa shape index (κ2) is 12.7. The van der Waals surface area contributed by atoms with Crippen LogP contribution in [0.2, 0.25) is 0 Å². The minimum atomic E-state index is -0.530. The molecule has 1 aromatic heterocycles. The number of ether oxygens (including phenoxy) is 2. The third kappa shape index (κ3) is 7.42. The van der Waals surface area contributed by atoms with Crippen molar-refractivity contribution in [3.05, 3.63) is 52.4 Å². The second-order valence-electron chi connectivity index (χ2n) is 11.9. The van der Waals surface area contributed by atoms with Gasteiger partial charge in [0.25, 0.3) is 0 Å². The van der Waals surface area contributed by atoms with E-state index in [-0.39, 0.29) is 23.6 Å². The van der Waals surface area contributed by atoms with Gasteiger partial charge in [0, 0.05) is 43.9 Å². The van der Waals surface area contributed by atoms with E-state index in [1.807, 2.05) is 75.7 Å². The number of imidazole rings is 1. The normalized spacial score (nSPS) is 17.2. The first-order valence-corrected chi connectivity index (χ1v) is 14.3. The molecule has 0 bridgehead atoms. The summed E-state index contributed by atoms with van der Waals surface area (Å²) in [5, 5.41) is 5.82. The van der Waals surface area contributed by atoms with E-state index in [9.17, 15) is 14.4 Å². The molecule has 1 saturated carbocycles. The van der Waals surface area contributed by atoms with E-state index < -0.39 is 11.7 Å². The zero-order valence-corrected chi connectivity index (χ0v) is 25.0. The van der Waals surface area contributed by atoms with Crippen molar-refractivity contribution in [3.8, 4) is 5.75 Å². The van der Waals surface area contributed by atoms with E-state index in [2.05, 4.69) is 20.5 Å². The number of nitrogens with one attached hydrogen (secondary N) is 3. The maximum absolute atomic E-state index is 13.1. The molecule has 0 aliphatic heterocycles. The Bertz CT molecular complexity index is 1430. The summed E-state index contributed by atoms with van der Waals surface area (Å²) in [4.78, 5) is 43.2. The Morgan fingerprint density at radius 3 is 2.54 bits per heavy atom. The summed E-state index contributed by atoms with van der Waals surface area (Å²) in [5.74, 6) is 0.647. The number of para-hydroxylation sites is 1. The van der Waals surface area contributed by atoms with Crippen LogP contribution in [-0.4, -0.2) is 54.4 Å². The zero-order chi connectivity index (χ0) is 29.7. The first kappa shape index (κ1) is 30.0. The molecule has 222 valence electrons. The molecule has 3 N–H and O–H groups in total. The summed E-state index contributed by atoms with van der Waals surface area (Å²) in [6.07, 6.45) is 3.22. The Morgan fingerprint density at radius 2 is 1.85 bits per heavy atom. The van der Waals surface area contributed by atoms with Gasteiger partial charge in [-0.15, -0.1) is 0 Å². The number of amides is 2. The van der Waals surface area contributed by atoms with E-state index in [1.165, 1.54) is 0 Å². The predicted octanol–water partition coefficient (Wildman–Crippen LogP) is 5.37. The summed E-state index contributed by atoms with van der Waals surface area (Å²) >= 11 is 0. The molecule has 3 aromatic rings. The van der Waals surface area contributed by atoms with E-state index in [0.29, 0.717) is 25.9 Å². The summed E-state index contributed by atoms with van der Waals surface area (Å²) in [7, 11) is 3.60. The molecule has 10 heteroatoms. The van der Waals surface area contributed by atoms with Gasteiger partial charge in [-0.3, -0.25) is 9.36 Å². The van der Waals surface area contributed by atoms with Crippen LogP contribution in [0.5, 0.6) is 5.75 Å². The van der Waals surface area contributed by atoms with Gasteiger partial charge in [0.15, 0.2) is 0 Å². The molecule has 0 spiro atoms. The number of aromatic amines is 1. The lowest BCUT2D eigenvalue weighted by Gasteiger charge is -2.29. The number of benzene rings is 2. The average Bonchev–Trinajstić information content (AvgIpc) is 3.26. The third-order valence-electron chi connectivity index (χ3n) is 7.59. The molecule has 1 fully saturated rings. The molecule has 0 unspecified atom stereocenters. The minimum Gasteiger partial charge on any atom is -0.496 e. The van der Waals surface area contributed by atoms with Crippen molar-refractivity contribution in [1.29, 1.82) is 0 Å². The van der Waals surface area contributed by atoms with Gasteiger partial charge >= 0.3 is 11.8 Å². The van der Waals surface area contributed by atoms with Crippen molar-refractivity contribution in [2.45, 2.75) is 71.4 Å². The maximum Gasteiger partial charge on any atom is 0.407 e. The fourth-order valence-corrected chi connectivity index (χ4v) is 5.49. The number of fused-ring (bicyclic) bond motifs is 1. The molecule has 41 heavy (non-hydrogen) atoms. The van der Waals surface area contributed by atoms with Crippen LogP contribution in [0, 0.1) is 12.8 Å². The van der Waals surface area contributed by atoms with Crippen molar-refractivity contribution in [2.75, 3.05) is 37.5 Å². The summed E-state index contributed by atoms with van der Waals surface area (Å²) < 4.78 is 12.5. The fourth-order valence-electron chi connectivity index (χ4n) is 5.49. The van der Waals surface area contributed by atoms with Gasteiger partial charge in [-0.2, -0.15) is 0 Å². The number of hydrogen-bond donors (Lipinski definition) is 3. The van der Waals surface area contributed by atoms with Crippen LogP contribution in [0.25, 0.3) is 11.0 Å². The number of anilines is 2. The first-order chi connectivity index (χ1) is 19.5. The Morgan fingerprint density at radius 1 is 1.12 bits per heavy atom. The van der Waals surface area contributed by atoms with Gasteiger partial charge in [0.2, 0.25) is 5.91 Å². The first-order valence-electron chi connectivity index (χ1n) is 14.3. The Labute approximate surface area is 241 Å². The van der Waals surface area contributed by atoms with Crippen LogP contribution >= 0.6 is 0 Å². The SMILES string of the molecule is COc1cc(NC(=O)C2CCC(n3c(=O)[nH]c4c(N(C)CCCNC(=O)OC(C)(C)C)cccc43)CC2)ccc1C. The summed E-state index contributed by atoms with van der Waals surface area (Å²) in [6.45, 7) is 8.64. The number of H-pyrrole nitrogens is 1. The Hall–Kier alpha value is -3.95. The number of hydrogen-bond acceptors (Lipinski definition) is 6. The van der Waals surface area contributed by atoms with Crippen molar-refractivity contribution in [1.82, 2.24) is 14.9 Å². The predicted molar refractivity (Wildman–Crippen MR) is 162 cm³/mol. The highest BCUT2D eigenvalue weighted by molar-refractivity contribution is 5.93. The van der Waals surface area contributed by atoms with Gasteiger partial charge in [0.05, 0.1) is 23.8 Å². The Balaban J connectivity index is 1.36. The number of methoxy groups -OCH3 is 1. The van der Waals surface area contributed by atoms with Crippen molar-refractivity contribution in [3.63, 3.8) is 0 Å². The maximum atomic E-state index is 13.1. The second-order valence-corrected chi connectivity index (χ2v) is 11.9. The van der Waals surface area contributed by atoms with E-state index in [1.54, 1.807) is 7.11 Å². The van der Waals surface area contributed by atoms with Gasteiger partial charge in [0.1, 0.15) is 11.4 Å². The van der Waals surface area contributed by atoms with Crippen LogP contribution in [0.15, 0.2) is 41.2 Å². The van der Waals surface area contributed by atoms with Gasteiger partial charge in [-0.05, 0) is 83.6 Å². The van der Waals surface area contributed by atoms with Crippen molar-refractivity contribution in [2.24, 2.45) is 5.92 Å². The number of nitrogens with zero attached hydrogens (tertiary/aromatic N) is 2. The van der Waals surface area contributed by atoms with Gasteiger partial charge in [-0.1, -0.05) is 12.1 Å². The summed E-state index contributed by atoms with van der Waals surface area (Å²) in [5.41, 5.74) is 3.67. The minimum absolute atomic E-state index is 0.00528. The largest absolute Gasteiger partial charge is 0.496 e. The lowest BCUT2D eigenvalue weighted by atomic mass is 9.85. The molecule has 2 amide bonds. The van der Waals surface area contributed by atoms with Crippen molar-refractivity contribution < 1.29 is 19.1 Å². The number of carbonyl (C=O) groups excluding carboxylic acids is 2. The van der Waals surface area contributed by atoms with E-state index in [4.69, 9.17) is 9.47 Å². The number of carbonyl (C=O) groups is 2. The lowest BCUT2D eigenvalue weighted by Crippen LogP contribution is -2.34. The monoisotopic (exact) mass is 565 g/mol. The molecule has 10 nitrogen and oxygen atoms in total. The van der Waals surface area contributed by atoms with Gasteiger partial charge in [-0.25, -0.2) is 9.59 Å². The number of alkyl carbamates (subject to hydrolysis) is 1. The third-order valence-corrected chi connectivity index (χ3v) is 7.59. The quantitative estimate of drug-likeness (QED) is 0.301.